The summed E-state index contributed by atoms with van der Waals surface area (Å²) in [7, 11) is 0. The smallest absolute Gasteiger partial charge is 0.160 e. The first-order chi connectivity index (χ1) is 9.40. The Labute approximate surface area is 129 Å². The molecule has 1 aromatic carbocycles. The van der Waals surface area contributed by atoms with E-state index in [9.17, 15) is 4.39 Å². The zero-order valence-electron chi connectivity index (χ0n) is 11.7. The molecule has 2 aliphatic rings. The molecule has 1 aliphatic carbocycles. The van der Waals surface area contributed by atoms with E-state index >= 15 is 0 Å². The molecule has 1 saturated heterocycles. The Hall–Kier alpha value is -0.510. The summed E-state index contributed by atoms with van der Waals surface area (Å²) in [6.45, 7) is 6.25. The van der Waals surface area contributed by atoms with Gasteiger partial charge in [-0.25, -0.2) is 4.39 Å². The van der Waals surface area contributed by atoms with E-state index in [4.69, 9.17) is 23.2 Å². The number of anilines is 1. The van der Waals surface area contributed by atoms with Gasteiger partial charge in [-0.2, -0.15) is 0 Å². The van der Waals surface area contributed by atoms with Gasteiger partial charge in [0.2, 0.25) is 0 Å². The van der Waals surface area contributed by atoms with E-state index in [1.807, 2.05) is 0 Å². The van der Waals surface area contributed by atoms with Crippen LogP contribution >= 0.6 is 23.2 Å². The fraction of sp³-hybridized carbons (Fsp3) is 0.600. The minimum absolute atomic E-state index is 0.0892. The molecule has 2 fully saturated rings. The quantitative estimate of drug-likeness (QED) is 0.826. The van der Waals surface area contributed by atoms with Gasteiger partial charge in [0, 0.05) is 30.4 Å². The second-order valence-electron chi connectivity index (χ2n) is 6.27. The van der Waals surface area contributed by atoms with E-state index in [2.05, 4.69) is 24.1 Å². The van der Waals surface area contributed by atoms with Gasteiger partial charge in [0.15, 0.2) is 5.82 Å². The molecule has 1 heterocycles. The standard InChI is InChI=1S/C15H19Cl2FN2/c1-9-7-19-15(2,10-3-4-10)8-20(9)11-5-12(16)14(18)13(17)6-11/h5-6,9-10,19H,3-4,7-8H2,1-2H3. The minimum Gasteiger partial charge on any atom is -0.366 e. The van der Waals surface area contributed by atoms with Gasteiger partial charge >= 0.3 is 0 Å². The lowest BCUT2D eigenvalue weighted by Crippen LogP contribution is -2.63. The summed E-state index contributed by atoms with van der Waals surface area (Å²) < 4.78 is 13.6. The summed E-state index contributed by atoms with van der Waals surface area (Å²) in [5, 5.41) is 3.84. The fourth-order valence-corrected chi connectivity index (χ4v) is 3.58. The second-order valence-corrected chi connectivity index (χ2v) is 7.09. The molecule has 1 N–H and O–H groups in total. The normalized spacial score (nSPS) is 30.6. The number of nitrogens with zero attached hydrogens (tertiary/aromatic N) is 1. The molecule has 110 valence electrons. The van der Waals surface area contributed by atoms with Crippen LogP contribution in [0.4, 0.5) is 10.1 Å². The molecule has 3 rings (SSSR count). The van der Waals surface area contributed by atoms with Gasteiger partial charge in [0.25, 0.3) is 0 Å². The lowest BCUT2D eigenvalue weighted by molar-refractivity contribution is 0.261. The molecule has 2 unspecified atom stereocenters. The SMILES string of the molecule is CC1CNC(C)(C2CC2)CN1c1cc(Cl)c(F)c(Cl)c1. The van der Waals surface area contributed by atoms with Gasteiger partial charge in [-0.3, -0.25) is 0 Å². The highest BCUT2D eigenvalue weighted by atomic mass is 35.5. The monoisotopic (exact) mass is 316 g/mol. The largest absolute Gasteiger partial charge is 0.366 e. The maximum atomic E-state index is 13.6. The second kappa shape index (κ2) is 5.04. The Kier molecular flexibility index (Phi) is 3.64. The number of piperazine rings is 1. The Balaban J connectivity index is 1.91. The number of benzene rings is 1. The molecular weight excluding hydrogens is 298 g/mol. The molecular formula is C15H19Cl2FN2. The Bertz CT molecular complexity index is 510. The van der Waals surface area contributed by atoms with Crippen LogP contribution in [0.1, 0.15) is 26.7 Å². The molecule has 0 aromatic heterocycles. The van der Waals surface area contributed by atoms with Crippen molar-refractivity contribution >= 4 is 28.9 Å². The van der Waals surface area contributed by atoms with Crippen molar-refractivity contribution in [2.45, 2.75) is 38.3 Å². The van der Waals surface area contributed by atoms with E-state index in [1.54, 1.807) is 12.1 Å². The zero-order valence-corrected chi connectivity index (χ0v) is 13.2. The third kappa shape index (κ3) is 2.51. The summed E-state index contributed by atoms with van der Waals surface area (Å²) in [6.07, 6.45) is 2.58. The minimum atomic E-state index is -0.537. The fourth-order valence-electron chi connectivity index (χ4n) is 3.10. The summed E-state index contributed by atoms with van der Waals surface area (Å²) in [5.74, 6) is 0.203. The van der Waals surface area contributed by atoms with Crippen LogP contribution in [0, 0.1) is 11.7 Å². The van der Waals surface area contributed by atoms with E-state index in [-0.39, 0.29) is 15.6 Å². The van der Waals surface area contributed by atoms with E-state index in [1.165, 1.54) is 12.8 Å². The van der Waals surface area contributed by atoms with E-state index in [0.717, 1.165) is 24.7 Å². The van der Waals surface area contributed by atoms with Gasteiger partial charge in [-0.15, -0.1) is 0 Å². The third-order valence-corrected chi connectivity index (χ3v) is 5.16. The van der Waals surface area contributed by atoms with Crippen LogP contribution in [0.2, 0.25) is 10.0 Å². The van der Waals surface area contributed by atoms with Crippen LogP contribution in [-0.2, 0) is 0 Å². The molecule has 5 heteroatoms. The van der Waals surface area contributed by atoms with Crippen LogP contribution in [0.15, 0.2) is 12.1 Å². The number of nitrogens with one attached hydrogen (secondary N) is 1. The van der Waals surface area contributed by atoms with Crippen LogP contribution in [0.3, 0.4) is 0 Å². The van der Waals surface area contributed by atoms with Crippen LogP contribution in [0.25, 0.3) is 0 Å². The predicted octanol–water partition coefficient (Wildman–Crippen LogP) is 4.10. The van der Waals surface area contributed by atoms with Crippen molar-refractivity contribution in [3.05, 3.63) is 28.0 Å². The summed E-state index contributed by atoms with van der Waals surface area (Å²) >= 11 is 11.9. The number of halogens is 3. The highest BCUT2D eigenvalue weighted by molar-refractivity contribution is 6.35. The average Bonchev–Trinajstić information content (AvgIpc) is 3.23. The summed E-state index contributed by atoms with van der Waals surface area (Å²) in [4.78, 5) is 2.28. The van der Waals surface area contributed by atoms with E-state index in [0.29, 0.717) is 6.04 Å². The molecule has 2 atom stereocenters. The molecule has 1 saturated carbocycles. The lowest BCUT2D eigenvalue weighted by Gasteiger charge is -2.47. The molecule has 2 nitrogen and oxygen atoms in total. The molecule has 1 aliphatic heterocycles. The van der Waals surface area contributed by atoms with E-state index < -0.39 is 5.82 Å². The maximum Gasteiger partial charge on any atom is 0.160 e. The predicted molar refractivity (Wildman–Crippen MR) is 82.4 cm³/mol. The van der Waals surface area contributed by atoms with Crippen molar-refractivity contribution < 1.29 is 4.39 Å². The van der Waals surface area contributed by atoms with Crippen LogP contribution in [0.5, 0.6) is 0 Å². The first-order valence-electron chi connectivity index (χ1n) is 7.07. The maximum absolute atomic E-state index is 13.6. The van der Waals surface area contributed by atoms with Crippen molar-refractivity contribution in [1.29, 1.82) is 0 Å². The Morgan fingerprint density at radius 1 is 1.30 bits per heavy atom. The van der Waals surface area contributed by atoms with Crippen molar-refractivity contribution in [3.63, 3.8) is 0 Å². The molecule has 0 bridgehead atoms. The van der Waals surface area contributed by atoms with Crippen molar-refractivity contribution in [3.8, 4) is 0 Å². The Morgan fingerprint density at radius 3 is 2.45 bits per heavy atom. The first-order valence-corrected chi connectivity index (χ1v) is 7.82. The first kappa shape index (κ1) is 14.4. The van der Waals surface area contributed by atoms with Gasteiger partial charge < -0.3 is 10.2 Å². The highest BCUT2D eigenvalue weighted by Gasteiger charge is 2.45. The van der Waals surface area contributed by atoms with Crippen LogP contribution in [-0.4, -0.2) is 24.7 Å². The lowest BCUT2D eigenvalue weighted by atomic mass is 9.91. The van der Waals surface area contributed by atoms with Crippen LogP contribution < -0.4 is 10.2 Å². The number of hydrogen-bond acceptors (Lipinski definition) is 2. The molecule has 20 heavy (non-hydrogen) atoms. The molecule has 0 amide bonds. The van der Waals surface area contributed by atoms with Crippen molar-refractivity contribution in [1.82, 2.24) is 5.32 Å². The Morgan fingerprint density at radius 2 is 1.90 bits per heavy atom. The molecule has 0 spiro atoms. The van der Waals surface area contributed by atoms with Crippen molar-refractivity contribution in [2.75, 3.05) is 18.0 Å². The number of rotatable bonds is 2. The van der Waals surface area contributed by atoms with Crippen molar-refractivity contribution in [2.24, 2.45) is 5.92 Å². The summed E-state index contributed by atoms with van der Waals surface area (Å²) in [6, 6.07) is 3.69. The molecule has 0 radical (unpaired) electrons. The summed E-state index contributed by atoms with van der Waals surface area (Å²) in [5.41, 5.74) is 1.03. The third-order valence-electron chi connectivity index (χ3n) is 4.61. The highest BCUT2D eigenvalue weighted by Crippen LogP contribution is 2.42. The molecule has 1 aromatic rings. The topological polar surface area (TPSA) is 15.3 Å². The van der Waals surface area contributed by atoms with Gasteiger partial charge in [-0.05, 0) is 44.7 Å². The zero-order chi connectivity index (χ0) is 14.5. The van der Waals surface area contributed by atoms with Gasteiger partial charge in [0.05, 0.1) is 10.0 Å². The van der Waals surface area contributed by atoms with Gasteiger partial charge in [-0.1, -0.05) is 23.2 Å². The van der Waals surface area contributed by atoms with Gasteiger partial charge in [0.1, 0.15) is 0 Å². The number of hydrogen-bond donors (Lipinski definition) is 1. The average molecular weight is 317 g/mol.